The number of halogens is 3. The summed E-state index contributed by atoms with van der Waals surface area (Å²) in [6.45, 7) is 0. The Morgan fingerprint density at radius 2 is 1.95 bits per heavy atom. The number of nitrogens with zero attached hydrogens (tertiary/aromatic N) is 3. The van der Waals surface area contributed by atoms with Crippen molar-refractivity contribution in [1.82, 2.24) is 15.2 Å². The summed E-state index contributed by atoms with van der Waals surface area (Å²) in [7, 11) is 0. The first kappa shape index (κ1) is 13.5. The van der Waals surface area contributed by atoms with Crippen LogP contribution in [0.1, 0.15) is 21.7 Å². The van der Waals surface area contributed by atoms with Gasteiger partial charge in [0.2, 0.25) is 11.8 Å². The van der Waals surface area contributed by atoms with Crippen LogP contribution in [0.25, 0.3) is 0 Å². The molecule has 9 heteroatoms. The number of benzene rings is 1. The molecule has 0 aliphatic rings. The molecule has 1 amide bonds. The van der Waals surface area contributed by atoms with Crippen molar-refractivity contribution in [2.75, 3.05) is 5.32 Å². The highest BCUT2D eigenvalue weighted by Crippen LogP contribution is 2.26. The Morgan fingerprint density at radius 3 is 2.45 bits per heavy atom. The first-order valence-corrected chi connectivity index (χ1v) is 5.21. The van der Waals surface area contributed by atoms with Crippen molar-refractivity contribution in [1.29, 1.82) is 5.26 Å². The minimum absolute atomic E-state index is 0.169. The van der Waals surface area contributed by atoms with E-state index >= 15 is 0 Å². The van der Waals surface area contributed by atoms with Crippen LogP contribution in [0.15, 0.2) is 24.3 Å². The van der Waals surface area contributed by atoms with Crippen molar-refractivity contribution >= 4 is 11.9 Å². The number of nitrogens with one attached hydrogen (secondary N) is 2. The highest BCUT2D eigenvalue weighted by atomic mass is 19.4. The summed E-state index contributed by atoms with van der Waals surface area (Å²) in [5.41, 5.74) is 0.529. The largest absolute Gasteiger partial charge is 0.451 e. The molecule has 102 valence electrons. The summed E-state index contributed by atoms with van der Waals surface area (Å²) in [5.74, 6) is -2.46. The van der Waals surface area contributed by atoms with Crippen molar-refractivity contribution in [2.24, 2.45) is 0 Å². The van der Waals surface area contributed by atoms with Crippen molar-refractivity contribution in [3.63, 3.8) is 0 Å². The number of rotatable bonds is 2. The summed E-state index contributed by atoms with van der Waals surface area (Å²) in [4.78, 5) is 14.8. The first-order chi connectivity index (χ1) is 9.40. The minimum Gasteiger partial charge on any atom is -0.289 e. The highest BCUT2D eigenvalue weighted by Gasteiger charge is 2.35. The maximum absolute atomic E-state index is 12.3. The smallest absolute Gasteiger partial charge is 0.289 e. The fourth-order valence-corrected chi connectivity index (χ4v) is 1.31. The second-order valence-electron chi connectivity index (χ2n) is 3.65. The fourth-order valence-electron chi connectivity index (χ4n) is 1.31. The fraction of sp³-hybridized carbons (Fsp3) is 0.0909. The summed E-state index contributed by atoms with van der Waals surface area (Å²) >= 11 is 0. The molecule has 20 heavy (non-hydrogen) atoms. The lowest BCUT2D eigenvalue weighted by Gasteiger charge is -2.01. The molecule has 0 fully saturated rings. The third kappa shape index (κ3) is 2.92. The molecule has 0 aliphatic carbocycles. The topological polar surface area (TPSA) is 94.5 Å². The average Bonchev–Trinajstić information content (AvgIpc) is 2.87. The molecule has 2 N–H and O–H groups in total. The first-order valence-electron chi connectivity index (χ1n) is 5.21. The number of anilines is 1. The third-order valence-corrected chi connectivity index (χ3v) is 2.26. The standard InChI is InChI=1S/C11H6F3N5O/c12-11(13,14)9-17-10(19-18-9)16-8(20)7-3-1-6(5-15)2-4-7/h1-4H,(H2,16,17,18,19,20). The Kier molecular flexibility index (Phi) is 3.39. The highest BCUT2D eigenvalue weighted by molar-refractivity contribution is 6.03. The lowest BCUT2D eigenvalue weighted by molar-refractivity contribution is -0.144. The molecule has 0 radical (unpaired) electrons. The van der Waals surface area contributed by atoms with Gasteiger partial charge in [-0.3, -0.25) is 15.2 Å². The van der Waals surface area contributed by atoms with Gasteiger partial charge in [-0.1, -0.05) is 0 Å². The third-order valence-electron chi connectivity index (χ3n) is 2.26. The van der Waals surface area contributed by atoms with E-state index in [1.54, 1.807) is 5.10 Å². The Bertz CT molecular complexity index is 669. The maximum Gasteiger partial charge on any atom is 0.451 e. The molecule has 0 saturated carbocycles. The SMILES string of the molecule is N#Cc1ccc(C(=O)Nc2n[nH]c(C(F)(F)F)n2)cc1. The monoisotopic (exact) mass is 281 g/mol. The molecule has 0 atom stereocenters. The summed E-state index contributed by atoms with van der Waals surface area (Å²) in [6.07, 6.45) is -4.66. The molecule has 1 heterocycles. The van der Waals surface area contributed by atoms with Crippen molar-refractivity contribution in [3.05, 3.63) is 41.2 Å². The molecule has 6 nitrogen and oxygen atoms in total. The Balaban J connectivity index is 2.11. The van der Waals surface area contributed by atoms with Gasteiger partial charge in [0.05, 0.1) is 11.6 Å². The van der Waals surface area contributed by atoms with Crippen LogP contribution in [0, 0.1) is 11.3 Å². The number of H-pyrrole nitrogens is 1. The molecule has 1 aromatic carbocycles. The van der Waals surface area contributed by atoms with Crippen molar-refractivity contribution in [2.45, 2.75) is 6.18 Å². The number of amides is 1. The van der Waals surface area contributed by atoms with Crippen LogP contribution in [-0.4, -0.2) is 21.1 Å². The zero-order chi connectivity index (χ0) is 14.8. The molecule has 0 unspecified atom stereocenters. The quantitative estimate of drug-likeness (QED) is 0.879. The molecule has 0 saturated heterocycles. The van der Waals surface area contributed by atoms with Gasteiger partial charge in [-0.15, -0.1) is 5.10 Å². The van der Waals surface area contributed by atoms with Crippen LogP contribution >= 0.6 is 0 Å². The zero-order valence-electron chi connectivity index (χ0n) is 9.69. The van der Waals surface area contributed by atoms with E-state index in [2.05, 4.69) is 15.4 Å². The number of aromatic nitrogens is 3. The number of carbonyl (C=O) groups excluding carboxylic acids is 1. The second kappa shape index (κ2) is 5.00. The van der Waals surface area contributed by atoms with Crippen molar-refractivity contribution < 1.29 is 18.0 Å². The Labute approximate surface area is 110 Å². The molecule has 2 aromatic rings. The molecule has 0 aliphatic heterocycles. The predicted molar refractivity (Wildman–Crippen MR) is 60.5 cm³/mol. The van der Waals surface area contributed by atoms with Gasteiger partial charge >= 0.3 is 6.18 Å². The van der Waals surface area contributed by atoms with E-state index in [1.807, 2.05) is 6.07 Å². The van der Waals surface area contributed by atoms with Gasteiger partial charge in [-0.25, -0.2) is 0 Å². The second-order valence-corrected chi connectivity index (χ2v) is 3.65. The molecule has 2 rings (SSSR count). The average molecular weight is 281 g/mol. The van der Waals surface area contributed by atoms with E-state index in [9.17, 15) is 18.0 Å². The van der Waals surface area contributed by atoms with Gasteiger partial charge in [-0.2, -0.15) is 23.4 Å². The van der Waals surface area contributed by atoms with E-state index in [0.29, 0.717) is 5.56 Å². The van der Waals surface area contributed by atoms with E-state index in [0.717, 1.165) is 0 Å². The molecular weight excluding hydrogens is 275 g/mol. The zero-order valence-corrected chi connectivity index (χ0v) is 9.69. The number of hydrogen-bond acceptors (Lipinski definition) is 4. The van der Waals surface area contributed by atoms with Crippen LogP contribution < -0.4 is 5.32 Å². The van der Waals surface area contributed by atoms with E-state index in [1.165, 1.54) is 24.3 Å². The summed E-state index contributed by atoms with van der Waals surface area (Å²) in [5, 5.41) is 15.6. The minimum atomic E-state index is -4.66. The summed E-state index contributed by atoms with van der Waals surface area (Å²) < 4.78 is 36.8. The van der Waals surface area contributed by atoms with Gasteiger partial charge in [0.25, 0.3) is 5.91 Å². The lowest BCUT2D eigenvalue weighted by atomic mass is 10.1. The van der Waals surface area contributed by atoms with Gasteiger partial charge in [0.1, 0.15) is 0 Å². The molecule has 0 spiro atoms. The number of alkyl halides is 3. The van der Waals surface area contributed by atoms with E-state index in [4.69, 9.17) is 5.26 Å². The predicted octanol–water partition coefficient (Wildman–Crippen LogP) is 1.95. The van der Waals surface area contributed by atoms with Gasteiger partial charge in [-0.05, 0) is 24.3 Å². The Hall–Kier alpha value is -2.89. The van der Waals surface area contributed by atoms with Crippen LogP contribution in [0.3, 0.4) is 0 Å². The molecule has 0 bridgehead atoms. The van der Waals surface area contributed by atoms with E-state index in [-0.39, 0.29) is 5.56 Å². The van der Waals surface area contributed by atoms with Gasteiger partial charge in [0, 0.05) is 5.56 Å². The van der Waals surface area contributed by atoms with Crippen LogP contribution in [-0.2, 0) is 6.18 Å². The van der Waals surface area contributed by atoms with E-state index < -0.39 is 23.9 Å². The molecular formula is C11H6F3N5O. The maximum atomic E-state index is 12.3. The molecule has 1 aromatic heterocycles. The number of nitriles is 1. The van der Waals surface area contributed by atoms with Crippen LogP contribution in [0.5, 0.6) is 0 Å². The number of aromatic amines is 1. The van der Waals surface area contributed by atoms with Gasteiger partial charge in [0.15, 0.2) is 0 Å². The lowest BCUT2D eigenvalue weighted by Crippen LogP contribution is -2.13. The van der Waals surface area contributed by atoms with Crippen LogP contribution in [0.4, 0.5) is 19.1 Å². The normalized spacial score (nSPS) is 10.9. The Morgan fingerprint density at radius 1 is 1.30 bits per heavy atom. The van der Waals surface area contributed by atoms with Crippen LogP contribution in [0.2, 0.25) is 0 Å². The van der Waals surface area contributed by atoms with Gasteiger partial charge < -0.3 is 0 Å². The number of carbonyl (C=O) groups is 1. The number of hydrogen-bond donors (Lipinski definition) is 2. The van der Waals surface area contributed by atoms with Crippen molar-refractivity contribution in [3.8, 4) is 6.07 Å². The summed E-state index contributed by atoms with van der Waals surface area (Å²) in [6, 6.07) is 7.43.